The second-order valence-corrected chi connectivity index (χ2v) is 8.81. The standard InChI is InChI=1S/C30H38O/c1-3-5-9-25-12-14-26(15-13-25)10-7-8-11-27-16-18-28(19-17-27)29-20-22-30(23-21-29)31-24-6-4-2/h8,11-15,20-23,27-28H,3-6,9,16-19,24H2,1-2H3. The highest BCUT2D eigenvalue weighted by atomic mass is 16.5. The lowest BCUT2D eigenvalue weighted by Gasteiger charge is -2.27. The molecule has 0 bridgehead atoms. The Morgan fingerprint density at radius 2 is 1.58 bits per heavy atom. The van der Waals surface area contributed by atoms with Crippen LogP contribution in [0.25, 0.3) is 0 Å². The molecule has 0 unspecified atom stereocenters. The molecule has 0 N–H and O–H groups in total. The van der Waals surface area contributed by atoms with Gasteiger partial charge in [-0.05, 0) is 98.2 Å². The van der Waals surface area contributed by atoms with Crippen molar-refractivity contribution in [1.29, 1.82) is 0 Å². The molecule has 0 saturated heterocycles. The summed E-state index contributed by atoms with van der Waals surface area (Å²) in [5.74, 6) is 8.87. The van der Waals surface area contributed by atoms with Crippen LogP contribution >= 0.6 is 0 Å². The van der Waals surface area contributed by atoms with Gasteiger partial charge in [0.05, 0.1) is 6.61 Å². The largest absolute Gasteiger partial charge is 0.494 e. The number of rotatable bonds is 9. The highest BCUT2D eigenvalue weighted by molar-refractivity contribution is 5.38. The minimum absolute atomic E-state index is 0.665. The molecule has 1 heteroatoms. The quantitative estimate of drug-likeness (QED) is 0.297. The van der Waals surface area contributed by atoms with Crippen LogP contribution in [0.3, 0.4) is 0 Å². The molecular weight excluding hydrogens is 376 g/mol. The molecule has 0 heterocycles. The van der Waals surface area contributed by atoms with Crippen LogP contribution in [0.15, 0.2) is 60.7 Å². The fraction of sp³-hybridized carbons (Fsp3) is 0.467. The normalized spacial score (nSPS) is 18.5. The van der Waals surface area contributed by atoms with Crippen molar-refractivity contribution in [1.82, 2.24) is 0 Å². The Kier molecular flexibility index (Phi) is 9.78. The van der Waals surface area contributed by atoms with Crippen molar-refractivity contribution in [3.63, 3.8) is 0 Å². The number of allylic oxidation sites excluding steroid dienone is 2. The number of hydrogen-bond donors (Lipinski definition) is 0. The number of hydrogen-bond acceptors (Lipinski definition) is 1. The van der Waals surface area contributed by atoms with Gasteiger partial charge in [-0.25, -0.2) is 0 Å². The summed E-state index contributed by atoms with van der Waals surface area (Å²) >= 11 is 0. The predicted molar refractivity (Wildman–Crippen MR) is 133 cm³/mol. The average Bonchev–Trinajstić information content (AvgIpc) is 2.82. The van der Waals surface area contributed by atoms with E-state index in [0.29, 0.717) is 11.8 Å². The molecule has 1 saturated carbocycles. The average molecular weight is 415 g/mol. The summed E-state index contributed by atoms with van der Waals surface area (Å²) in [6.45, 7) is 5.25. The topological polar surface area (TPSA) is 9.23 Å². The van der Waals surface area contributed by atoms with E-state index in [1.54, 1.807) is 0 Å². The Morgan fingerprint density at radius 1 is 0.871 bits per heavy atom. The van der Waals surface area contributed by atoms with E-state index in [-0.39, 0.29) is 0 Å². The van der Waals surface area contributed by atoms with Crippen LogP contribution in [0.4, 0.5) is 0 Å². The molecule has 0 spiro atoms. The first kappa shape index (κ1) is 23.2. The van der Waals surface area contributed by atoms with E-state index in [2.05, 4.69) is 86.4 Å². The molecule has 2 aromatic carbocycles. The lowest BCUT2D eigenvalue weighted by molar-refractivity contribution is 0.309. The molecule has 0 aromatic heterocycles. The summed E-state index contributed by atoms with van der Waals surface area (Å²) < 4.78 is 5.79. The van der Waals surface area contributed by atoms with Gasteiger partial charge >= 0.3 is 0 Å². The van der Waals surface area contributed by atoms with Crippen LogP contribution in [0, 0.1) is 17.8 Å². The number of aryl methyl sites for hydroxylation is 1. The lowest BCUT2D eigenvalue weighted by Crippen LogP contribution is -2.11. The first-order valence-corrected chi connectivity index (χ1v) is 12.3. The van der Waals surface area contributed by atoms with Crippen LogP contribution in [0.5, 0.6) is 5.75 Å². The molecular formula is C30H38O. The van der Waals surface area contributed by atoms with E-state index < -0.39 is 0 Å². The number of ether oxygens (including phenoxy) is 1. The Balaban J connectivity index is 1.42. The minimum Gasteiger partial charge on any atom is -0.494 e. The van der Waals surface area contributed by atoms with Crippen LogP contribution < -0.4 is 4.74 Å². The Hall–Kier alpha value is -2.46. The first-order chi connectivity index (χ1) is 15.3. The monoisotopic (exact) mass is 414 g/mol. The second-order valence-electron chi connectivity index (χ2n) is 8.81. The van der Waals surface area contributed by atoms with Crippen molar-refractivity contribution in [3.8, 4) is 17.6 Å². The van der Waals surface area contributed by atoms with Crippen molar-refractivity contribution < 1.29 is 4.74 Å². The third-order valence-electron chi connectivity index (χ3n) is 6.33. The van der Waals surface area contributed by atoms with Crippen molar-refractivity contribution in [3.05, 3.63) is 77.4 Å². The number of benzene rings is 2. The second kappa shape index (κ2) is 13.1. The molecule has 1 aliphatic rings. The zero-order valence-corrected chi connectivity index (χ0v) is 19.4. The van der Waals surface area contributed by atoms with E-state index >= 15 is 0 Å². The van der Waals surface area contributed by atoms with E-state index in [9.17, 15) is 0 Å². The van der Waals surface area contributed by atoms with Gasteiger partial charge < -0.3 is 4.74 Å². The summed E-state index contributed by atoms with van der Waals surface area (Å²) in [6.07, 6.45) is 15.4. The van der Waals surface area contributed by atoms with Crippen molar-refractivity contribution in [2.45, 2.75) is 77.6 Å². The highest BCUT2D eigenvalue weighted by Crippen LogP contribution is 2.36. The summed E-state index contributed by atoms with van der Waals surface area (Å²) in [6, 6.07) is 17.5. The molecule has 3 rings (SSSR count). The molecule has 1 aliphatic carbocycles. The van der Waals surface area contributed by atoms with Gasteiger partial charge in [0.15, 0.2) is 0 Å². The van der Waals surface area contributed by atoms with E-state index in [1.165, 1.54) is 62.5 Å². The molecule has 0 radical (unpaired) electrons. The van der Waals surface area contributed by atoms with Gasteiger partial charge in [-0.3, -0.25) is 0 Å². The maximum atomic E-state index is 5.79. The maximum Gasteiger partial charge on any atom is 0.119 e. The molecule has 0 amide bonds. The smallest absolute Gasteiger partial charge is 0.119 e. The Bertz CT molecular complexity index is 840. The fourth-order valence-electron chi connectivity index (χ4n) is 4.26. The van der Waals surface area contributed by atoms with Gasteiger partial charge in [0.2, 0.25) is 0 Å². The Morgan fingerprint density at radius 3 is 2.26 bits per heavy atom. The van der Waals surface area contributed by atoms with Crippen LogP contribution in [0.2, 0.25) is 0 Å². The summed E-state index contributed by atoms with van der Waals surface area (Å²) in [5.41, 5.74) is 3.99. The highest BCUT2D eigenvalue weighted by Gasteiger charge is 2.20. The Labute approximate surface area is 189 Å². The summed E-state index contributed by atoms with van der Waals surface area (Å²) in [7, 11) is 0. The molecule has 0 atom stereocenters. The van der Waals surface area contributed by atoms with Gasteiger partial charge in [-0.1, -0.05) is 68.9 Å². The predicted octanol–water partition coefficient (Wildman–Crippen LogP) is 8.09. The SMILES string of the molecule is CCCCOc1ccc(C2CCC(C=CC#Cc3ccc(CCCC)cc3)CC2)cc1. The van der Waals surface area contributed by atoms with Crippen molar-refractivity contribution >= 4 is 0 Å². The van der Waals surface area contributed by atoms with Gasteiger partial charge in [0.1, 0.15) is 5.75 Å². The zero-order valence-electron chi connectivity index (χ0n) is 19.4. The molecule has 2 aromatic rings. The van der Waals surface area contributed by atoms with Crippen LogP contribution in [-0.2, 0) is 6.42 Å². The third kappa shape index (κ3) is 7.95. The molecule has 0 aliphatic heterocycles. The summed E-state index contributed by atoms with van der Waals surface area (Å²) in [4.78, 5) is 0. The van der Waals surface area contributed by atoms with Crippen LogP contribution in [-0.4, -0.2) is 6.61 Å². The minimum atomic E-state index is 0.665. The number of unbranched alkanes of at least 4 members (excludes halogenated alkanes) is 2. The molecule has 31 heavy (non-hydrogen) atoms. The first-order valence-electron chi connectivity index (χ1n) is 12.3. The maximum absolute atomic E-state index is 5.79. The van der Waals surface area contributed by atoms with Gasteiger partial charge in [0, 0.05) is 5.56 Å². The zero-order chi connectivity index (χ0) is 21.7. The van der Waals surface area contributed by atoms with Gasteiger partial charge in [-0.15, -0.1) is 0 Å². The van der Waals surface area contributed by atoms with Gasteiger partial charge in [0.25, 0.3) is 0 Å². The van der Waals surface area contributed by atoms with E-state index in [0.717, 1.165) is 24.3 Å². The fourth-order valence-corrected chi connectivity index (χ4v) is 4.26. The van der Waals surface area contributed by atoms with Gasteiger partial charge in [-0.2, -0.15) is 0 Å². The van der Waals surface area contributed by atoms with E-state index in [1.807, 2.05) is 0 Å². The third-order valence-corrected chi connectivity index (χ3v) is 6.33. The van der Waals surface area contributed by atoms with Crippen LogP contribution in [0.1, 0.15) is 87.8 Å². The van der Waals surface area contributed by atoms with Crippen molar-refractivity contribution in [2.24, 2.45) is 5.92 Å². The lowest BCUT2D eigenvalue weighted by atomic mass is 9.78. The molecule has 1 nitrogen and oxygen atoms in total. The molecule has 1 fully saturated rings. The summed E-state index contributed by atoms with van der Waals surface area (Å²) in [5, 5.41) is 0. The van der Waals surface area contributed by atoms with E-state index in [4.69, 9.17) is 4.74 Å². The molecule has 164 valence electrons. The van der Waals surface area contributed by atoms with Crippen molar-refractivity contribution in [2.75, 3.05) is 6.61 Å².